The summed E-state index contributed by atoms with van der Waals surface area (Å²) in [5.74, 6) is 0.932. The molecule has 8 heteroatoms. The van der Waals surface area contributed by atoms with E-state index in [4.69, 9.17) is 9.47 Å². The van der Waals surface area contributed by atoms with Crippen molar-refractivity contribution < 1.29 is 19.1 Å². The highest BCUT2D eigenvalue weighted by Crippen LogP contribution is 2.37. The molecule has 0 aliphatic carbocycles. The minimum absolute atomic E-state index is 0.169. The summed E-state index contributed by atoms with van der Waals surface area (Å²) < 4.78 is 10.4. The Kier molecular flexibility index (Phi) is 4.78. The first-order valence-corrected chi connectivity index (χ1v) is 8.52. The fraction of sp³-hybridized carbons (Fsp3) is 0.647. The van der Waals surface area contributed by atoms with Crippen molar-refractivity contribution in [3.63, 3.8) is 0 Å². The lowest BCUT2D eigenvalue weighted by Crippen LogP contribution is -2.63. The molecule has 3 heterocycles. The second-order valence-corrected chi connectivity index (χ2v) is 6.97. The summed E-state index contributed by atoms with van der Waals surface area (Å²) in [6.45, 7) is 6.23. The van der Waals surface area contributed by atoms with Crippen molar-refractivity contribution in [3.05, 3.63) is 24.3 Å². The van der Waals surface area contributed by atoms with E-state index < -0.39 is 0 Å². The summed E-state index contributed by atoms with van der Waals surface area (Å²) >= 11 is 0. The van der Waals surface area contributed by atoms with Gasteiger partial charge in [0.1, 0.15) is 11.9 Å². The fourth-order valence-electron chi connectivity index (χ4n) is 3.51. The molecule has 0 bridgehead atoms. The number of carbonyl (C=O) groups is 2. The Hall–Kier alpha value is -2.38. The predicted octanol–water partition coefficient (Wildman–Crippen LogP) is 1.88. The monoisotopic (exact) mass is 348 g/mol. The van der Waals surface area contributed by atoms with Crippen molar-refractivity contribution in [2.45, 2.75) is 32.3 Å². The molecule has 0 N–H and O–H groups in total. The predicted molar refractivity (Wildman–Crippen MR) is 89.0 cm³/mol. The van der Waals surface area contributed by atoms with E-state index in [2.05, 4.69) is 9.97 Å². The second-order valence-electron chi connectivity index (χ2n) is 6.97. The van der Waals surface area contributed by atoms with E-state index in [0.717, 1.165) is 5.82 Å². The zero-order valence-corrected chi connectivity index (χ0v) is 14.8. The van der Waals surface area contributed by atoms with Gasteiger partial charge in [0.05, 0.1) is 13.0 Å². The number of methoxy groups -OCH3 is 1. The molecule has 2 aliphatic heterocycles. The van der Waals surface area contributed by atoms with Gasteiger partial charge in [-0.1, -0.05) is 13.8 Å². The Morgan fingerprint density at radius 1 is 1.24 bits per heavy atom. The topological polar surface area (TPSA) is 84.9 Å². The molecule has 1 unspecified atom stereocenters. The summed E-state index contributed by atoms with van der Waals surface area (Å²) in [7, 11) is 1.37. The number of likely N-dealkylation sites (tertiary alicyclic amines) is 2. The second kappa shape index (κ2) is 6.85. The fourth-order valence-corrected chi connectivity index (χ4v) is 3.51. The molecule has 0 saturated carbocycles. The molecule has 1 aromatic rings. The number of rotatable bonds is 4. The molecule has 2 saturated heterocycles. The Morgan fingerprint density at radius 3 is 2.44 bits per heavy atom. The number of aromatic nitrogens is 2. The number of hydrogen-bond acceptors (Lipinski definition) is 6. The molecule has 1 atom stereocenters. The van der Waals surface area contributed by atoms with Gasteiger partial charge in [-0.05, 0) is 12.5 Å². The summed E-state index contributed by atoms with van der Waals surface area (Å²) in [6.07, 6.45) is 3.25. The molecule has 0 radical (unpaired) electrons. The van der Waals surface area contributed by atoms with E-state index in [1.54, 1.807) is 28.3 Å². The largest absolute Gasteiger partial charge is 0.453 e. The lowest BCUT2D eigenvalue weighted by Gasteiger charge is -2.51. The molecule has 1 aromatic heterocycles. The van der Waals surface area contributed by atoms with E-state index in [-0.39, 0.29) is 29.6 Å². The number of ether oxygens (including phenoxy) is 2. The first-order valence-electron chi connectivity index (χ1n) is 8.52. The smallest absolute Gasteiger partial charge is 0.410 e. The molecule has 2 aliphatic rings. The maximum Gasteiger partial charge on any atom is 0.410 e. The van der Waals surface area contributed by atoms with Gasteiger partial charge in [-0.3, -0.25) is 0 Å². The van der Waals surface area contributed by atoms with Gasteiger partial charge in [0.25, 0.3) is 0 Å². The maximum absolute atomic E-state index is 12.4. The van der Waals surface area contributed by atoms with Gasteiger partial charge in [0.15, 0.2) is 0 Å². The van der Waals surface area contributed by atoms with Crippen LogP contribution in [0.1, 0.15) is 32.0 Å². The first kappa shape index (κ1) is 17.4. The third-order valence-electron chi connectivity index (χ3n) is 5.02. The molecule has 2 fully saturated rings. The van der Waals surface area contributed by atoms with Gasteiger partial charge < -0.3 is 19.3 Å². The van der Waals surface area contributed by atoms with Gasteiger partial charge in [-0.2, -0.15) is 0 Å². The lowest BCUT2D eigenvalue weighted by molar-refractivity contribution is -0.0857. The molecule has 3 rings (SSSR count). The first-order chi connectivity index (χ1) is 12.0. The molecular weight excluding hydrogens is 324 g/mol. The quantitative estimate of drug-likeness (QED) is 0.826. The number of hydrogen-bond donors (Lipinski definition) is 0. The SMILES string of the molecule is CCC(OC(=O)N1CC(c2ncccn2)C1)C1(C)CN(C(=O)OC)C1. The Labute approximate surface area is 147 Å². The van der Waals surface area contributed by atoms with Crippen LogP contribution in [-0.4, -0.2) is 71.3 Å². The average molecular weight is 348 g/mol. The number of nitrogens with zero attached hydrogens (tertiary/aromatic N) is 4. The van der Waals surface area contributed by atoms with Crippen LogP contribution in [0.2, 0.25) is 0 Å². The zero-order chi connectivity index (χ0) is 18.0. The highest BCUT2D eigenvalue weighted by atomic mass is 16.6. The summed E-state index contributed by atoms with van der Waals surface area (Å²) in [5.41, 5.74) is -0.231. The highest BCUT2D eigenvalue weighted by molar-refractivity contribution is 5.70. The van der Waals surface area contributed by atoms with Crippen LogP contribution < -0.4 is 0 Å². The highest BCUT2D eigenvalue weighted by Gasteiger charge is 2.49. The van der Waals surface area contributed by atoms with Gasteiger partial charge >= 0.3 is 12.2 Å². The summed E-state index contributed by atoms with van der Waals surface area (Å²) in [4.78, 5) is 35.7. The normalized spacial score (nSPS) is 20.3. The van der Waals surface area contributed by atoms with E-state index in [1.807, 2.05) is 13.8 Å². The summed E-state index contributed by atoms with van der Waals surface area (Å²) in [6, 6.07) is 1.77. The van der Waals surface area contributed by atoms with Gasteiger partial charge in [0, 0.05) is 44.0 Å². The van der Waals surface area contributed by atoms with Gasteiger partial charge in [-0.15, -0.1) is 0 Å². The molecule has 136 valence electrons. The summed E-state index contributed by atoms with van der Waals surface area (Å²) in [5, 5.41) is 0. The van der Waals surface area contributed by atoms with E-state index in [1.165, 1.54) is 7.11 Å². The van der Waals surface area contributed by atoms with Gasteiger partial charge in [-0.25, -0.2) is 19.6 Å². The minimum Gasteiger partial charge on any atom is -0.453 e. The average Bonchev–Trinajstić information content (AvgIpc) is 2.55. The van der Waals surface area contributed by atoms with E-state index >= 15 is 0 Å². The van der Waals surface area contributed by atoms with Crippen LogP contribution in [0.5, 0.6) is 0 Å². The van der Waals surface area contributed by atoms with Crippen LogP contribution in [0, 0.1) is 5.41 Å². The Balaban J connectivity index is 1.50. The van der Waals surface area contributed by atoms with Crippen molar-refractivity contribution >= 4 is 12.2 Å². The molecule has 0 aromatic carbocycles. The third kappa shape index (κ3) is 3.38. The van der Waals surface area contributed by atoms with Crippen LogP contribution in [0.4, 0.5) is 9.59 Å². The molecule has 0 spiro atoms. The van der Waals surface area contributed by atoms with Crippen molar-refractivity contribution in [1.82, 2.24) is 19.8 Å². The Morgan fingerprint density at radius 2 is 1.88 bits per heavy atom. The van der Waals surface area contributed by atoms with E-state index in [0.29, 0.717) is 32.6 Å². The molecule has 2 amide bonds. The van der Waals surface area contributed by atoms with Crippen LogP contribution in [0.3, 0.4) is 0 Å². The van der Waals surface area contributed by atoms with Crippen molar-refractivity contribution in [3.8, 4) is 0 Å². The van der Waals surface area contributed by atoms with Crippen LogP contribution >= 0.6 is 0 Å². The standard InChI is InChI=1S/C17H24N4O4/c1-4-13(17(2)10-21(11-17)15(22)24-3)25-16(23)20-8-12(9-20)14-18-6-5-7-19-14/h5-7,12-13H,4,8-11H2,1-3H3. The number of amides is 2. The van der Waals surface area contributed by atoms with Crippen LogP contribution in [-0.2, 0) is 9.47 Å². The lowest BCUT2D eigenvalue weighted by atomic mass is 9.76. The molecule has 25 heavy (non-hydrogen) atoms. The Bertz CT molecular complexity index is 627. The van der Waals surface area contributed by atoms with Crippen molar-refractivity contribution in [1.29, 1.82) is 0 Å². The minimum atomic E-state index is -0.341. The molecular formula is C17H24N4O4. The van der Waals surface area contributed by atoms with Gasteiger partial charge in [0.2, 0.25) is 0 Å². The van der Waals surface area contributed by atoms with Crippen LogP contribution in [0.25, 0.3) is 0 Å². The van der Waals surface area contributed by atoms with Crippen LogP contribution in [0.15, 0.2) is 18.5 Å². The van der Waals surface area contributed by atoms with E-state index in [9.17, 15) is 9.59 Å². The zero-order valence-electron chi connectivity index (χ0n) is 14.8. The molecule has 8 nitrogen and oxygen atoms in total. The third-order valence-corrected chi connectivity index (χ3v) is 5.02. The van der Waals surface area contributed by atoms with Crippen molar-refractivity contribution in [2.75, 3.05) is 33.3 Å². The number of carbonyl (C=O) groups excluding carboxylic acids is 2. The van der Waals surface area contributed by atoms with Crippen molar-refractivity contribution in [2.24, 2.45) is 5.41 Å². The maximum atomic E-state index is 12.4.